The van der Waals surface area contributed by atoms with E-state index in [0.717, 1.165) is 26.1 Å². The van der Waals surface area contributed by atoms with Crippen LogP contribution in [0.5, 0.6) is 11.6 Å². The summed E-state index contributed by atoms with van der Waals surface area (Å²) in [6.45, 7) is 7.68. The van der Waals surface area contributed by atoms with E-state index in [9.17, 15) is 9.90 Å². The molecule has 3 aromatic rings. The van der Waals surface area contributed by atoms with Crippen LogP contribution in [0.15, 0.2) is 42.9 Å². The van der Waals surface area contributed by atoms with Crippen LogP contribution in [0.1, 0.15) is 31.0 Å². The molecule has 10 heteroatoms. The molecule has 1 aliphatic heterocycles. The van der Waals surface area contributed by atoms with Crippen molar-refractivity contribution >= 4 is 18.3 Å². The summed E-state index contributed by atoms with van der Waals surface area (Å²) in [5.41, 5.74) is 1.86. The Labute approximate surface area is 197 Å². The summed E-state index contributed by atoms with van der Waals surface area (Å²) in [7, 11) is 0. The summed E-state index contributed by atoms with van der Waals surface area (Å²) >= 11 is 5.31. The van der Waals surface area contributed by atoms with Crippen LogP contribution >= 0.6 is 12.2 Å². The number of imidazole rings is 1. The number of hydrogen-bond donors (Lipinski definition) is 2. The van der Waals surface area contributed by atoms with Crippen molar-refractivity contribution in [2.24, 2.45) is 0 Å². The lowest BCUT2D eigenvalue weighted by molar-refractivity contribution is 0.111. The van der Waals surface area contributed by atoms with Gasteiger partial charge in [-0.3, -0.25) is 9.88 Å². The third-order valence-corrected chi connectivity index (χ3v) is 5.98. The average Bonchev–Trinajstić information content (AvgIpc) is 3.13. The number of carbonyl (C=O) groups excluding carboxylic acids is 1. The molecule has 0 radical (unpaired) electrons. The van der Waals surface area contributed by atoms with Crippen LogP contribution in [0, 0.1) is 4.77 Å². The number of amides is 1. The summed E-state index contributed by atoms with van der Waals surface area (Å²) < 4.78 is 7.32. The van der Waals surface area contributed by atoms with Crippen LogP contribution in [0.4, 0.5) is 4.79 Å². The molecule has 3 aromatic heterocycles. The van der Waals surface area contributed by atoms with Gasteiger partial charge in [0.2, 0.25) is 5.88 Å². The highest BCUT2D eigenvalue weighted by molar-refractivity contribution is 7.71. The van der Waals surface area contributed by atoms with Crippen molar-refractivity contribution in [2.75, 3.05) is 32.7 Å². The molecule has 4 rings (SSSR count). The number of carbonyl (C=O) groups is 1. The first-order chi connectivity index (χ1) is 15.9. The van der Waals surface area contributed by atoms with Gasteiger partial charge in [0.1, 0.15) is 5.82 Å². The number of hydrogen-bond acceptors (Lipinski definition) is 7. The molecule has 9 nitrogen and oxygen atoms in total. The van der Waals surface area contributed by atoms with Crippen molar-refractivity contribution in [2.45, 2.75) is 26.2 Å². The third-order valence-electron chi connectivity index (χ3n) is 5.70. The maximum Gasteiger partial charge on any atom is 0.415 e. The van der Waals surface area contributed by atoms with Gasteiger partial charge in [-0.15, -0.1) is 0 Å². The molecule has 0 aromatic carbocycles. The van der Waals surface area contributed by atoms with Crippen molar-refractivity contribution < 1.29 is 14.6 Å². The Balaban J connectivity index is 1.30. The van der Waals surface area contributed by atoms with Gasteiger partial charge in [0.15, 0.2) is 10.5 Å². The topological polar surface area (TPSA) is 99.5 Å². The average molecular weight is 469 g/mol. The molecule has 1 aliphatic rings. The Kier molecular flexibility index (Phi) is 7.05. The smallest absolute Gasteiger partial charge is 0.415 e. The van der Waals surface area contributed by atoms with E-state index < -0.39 is 0 Å². The Morgan fingerprint density at radius 3 is 2.61 bits per heavy atom. The summed E-state index contributed by atoms with van der Waals surface area (Å²) in [5.74, 6) is 0.911. The minimum atomic E-state index is -0.389. The molecule has 174 valence electrons. The number of pyridine rings is 2. The van der Waals surface area contributed by atoms with Crippen LogP contribution in [-0.2, 0) is 6.42 Å². The van der Waals surface area contributed by atoms with Crippen molar-refractivity contribution in [3.63, 3.8) is 0 Å². The summed E-state index contributed by atoms with van der Waals surface area (Å²) in [6.07, 6.45) is 5.68. The molecule has 2 N–H and O–H groups in total. The van der Waals surface area contributed by atoms with E-state index in [4.69, 9.17) is 17.0 Å². The number of ether oxygens (including phenoxy) is 1. The zero-order valence-corrected chi connectivity index (χ0v) is 19.6. The molecule has 0 bridgehead atoms. The van der Waals surface area contributed by atoms with Crippen molar-refractivity contribution in [1.29, 1.82) is 0 Å². The van der Waals surface area contributed by atoms with E-state index in [0.29, 0.717) is 35.1 Å². The molecule has 1 saturated heterocycles. The van der Waals surface area contributed by atoms with Crippen LogP contribution in [0.3, 0.4) is 0 Å². The normalized spacial score (nSPS) is 14.6. The number of piperazine rings is 1. The molecule has 0 atom stereocenters. The number of aromatic nitrogens is 4. The predicted molar refractivity (Wildman–Crippen MR) is 126 cm³/mol. The fourth-order valence-electron chi connectivity index (χ4n) is 3.78. The van der Waals surface area contributed by atoms with Crippen LogP contribution in [0.2, 0.25) is 0 Å². The van der Waals surface area contributed by atoms with E-state index in [2.05, 4.69) is 25.9 Å². The quantitative estimate of drug-likeness (QED) is 0.534. The van der Waals surface area contributed by atoms with Crippen LogP contribution in [-0.4, -0.2) is 73.2 Å². The minimum Gasteiger partial charge on any atom is -0.493 e. The van der Waals surface area contributed by atoms with E-state index in [1.807, 2.05) is 26.1 Å². The zero-order chi connectivity index (χ0) is 23.4. The summed E-state index contributed by atoms with van der Waals surface area (Å²) in [6, 6.07) is 7.33. The van der Waals surface area contributed by atoms with E-state index >= 15 is 0 Å². The second-order valence-corrected chi connectivity index (χ2v) is 8.70. The lowest BCUT2D eigenvalue weighted by atomic mass is 10.1. The van der Waals surface area contributed by atoms with Gasteiger partial charge in [0, 0.05) is 45.1 Å². The van der Waals surface area contributed by atoms with Gasteiger partial charge in [-0.25, -0.2) is 14.3 Å². The maximum atomic E-state index is 12.6. The number of nitrogens with one attached hydrogen (secondary N) is 1. The largest absolute Gasteiger partial charge is 0.493 e. The van der Waals surface area contributed by atoms with Gasteiger partial charge in [-0.1, -0.05) is 19.9 Å². The Morgan fingerprint density at radius 2 is 2.00 bits per heavy atom. The van der Waals surface area contributed by atoms with Gasteiger partial charge in [0.25, 0.3) is 0 Å². The molecule has 0 unspecified atom stereocenters. The number of nitrogens with zero attached hydrogens (tertiary/aromatic N) is 5. The summed E-state index contributed by atoms with van der Waals surface area (Å²) in [5, 5.41) is 10.5. The number of aromatic hydroxyl groups is 1. The van der Waals surface area contributed by atoms with E-state index in [-0.39, 0.29) is 17.9 Å². The molecule has 0 aliphatic carbocycles. The molecule has 1 amide bonds. The third kappa shape index (κ3) is 5.40. The van der Waals surface area contributed by atoms with E-state index in [1.54, 1.807) is 23.2 Å². The van der Waals surface area contributed by atoms with Gasteiger partial charge < -0.3 is 19.7 Å². The highest BCUT2D eigenvalue weighted by Gasteiger charge is 2.23. The van der Waals surface area contributed by atoms with Crippen LogP contribution in [0.25, 0.3) is 5.82 Å². The second kappa shape index (κ2) is 10.1. The fraction of sp³-hybridized carbons (Fsp3) is 0.391. The first-order valence-corrected chi connectivity index (χ1v) is 11.4. The lowest BCUT2D eigenvalue weighted by Crippen LogP contribution is -2.49. The lowest BCUT2D eigenvalue weighted by Gasteiger charge is -2.33. The Hall–Kier alpha value is -3.24. The standard InChI is InChI=1S/C23H28N6O3S/c1-16(2)20-21(30)29(22(33)26-20)19-6-5-18(15-25-19)32-23(31)28-12-10-27(11-13-28)9-7-17-4-3-8-24-14-17/h3-6,8,14-16,30H,7,9-13H2,1-2H3,(H,26,33). The van der Waals surface area contributed by atoms with Crippen molar-refractivity contribution in [1.82, 2.24) is 29.3 Å². The summed E-state index contributed by atoms with van der Waals surface area (Å²) in [4.78, 5) is 28.1. The molecular formula is C23H28N6O3S. The zero-order valence-electron chi connectivity index (χ0n) is 18.8. The fourth-order valence-corrected chi connectivity index (χ4v) is 4.07. The molecule has 1 fully saturated rings. The number of rotatable bonds is 6. The Morgan fingerprint density at radius 1 is 1.21 bits per heavy atom. The van der Waals surface area contributed by atoms with Gasteiger partial charge in [0.05, 0.1) is 11.9 Å². The molecule has 4 heterocycles. The molecular weight excluding hydrogens is 440 g/mol. The first-order valence-electron chi connectivity index (χ1n) is 11.0. The first kappa shape index (κ1) is 22.9. The molecule has 0 spiro atoms. The van der Waals surface area contributed by atoms with Gasteiger partial charge in [-0.2, -0.15) is 0 Å². The SMILES string of the molecule is CC(C)c1[nH]c(=S)n(-c2ccc(OC(=O)N3CCN(CCc4cccnc4)CC3)cn2)c1O. The van der Waals surface area contributed by atoms with Gasteiger partial charge in [-0.05, 0) is 48.3 Å². The Bertz CT molecular complexity index is 1140. The minimum absolute atomic E-state index is 0.0358. The highest BCUT2D eigenvalue weighted by atomic mass is 32.1. The monoisotopic (exact) mass is 468 g/mol. The molecule has 33 heavy (non-hydrogen) atoms. The van der Waals surface area contributed by atoms with Crippen molar-refractivity contribution in [3.05, 3.63) is 58.9 Å². The van der Waals surface area contributed by atoms with Gasteiger partial charge >= 0.3 is 6.09 Å². The second-order valence-electron chi connectivity index (χ2n) is 8.32. The van der Waals surface area contributed by atoms with Crippen LogP contribution < -0.4 is 4.74 Å². The predicted octanol–water partition coefficient (Wildman–Crippen LogP) is 3.51. The number of aromatic amines is 1. The maximum absolute atomic E-state index is 12.6. The van der Waals surface area contributed by atoms with Crippen molar-refractivity contribution in [3.8, 4) is 17.4 Å². The number of H-pyrrole nitrogens is 1. The van der Waals surface area contributed by atoms with E-state index in [1.165, 1.54) is 16.3 Å². The highest BCUT2D eigenvalue weighted by Crippen LogP contribution is 2.27. The molecule has 0 saturated carbocycles.